The van der Waals surface area contributed by atoms with Crippen LogP contribution in [0, 0.1) is 6.92 Å². The Kier molecular flexibility index (Phi) is 5.25. The monoisotopic (exact) mass is 433 g/mol. The van der Waals surface area contributed by atoms with E-state index in [1.165, 1.54) is 11.8 Å². The Bertz CT molecular complexity index is 1270. The molecule has 7 nitrogen and oxygen atoms in total. The van der Waals surface area contributed by atoms with Crippen LogP contribution in [0.5, 0.6) is 0 Å². The van der Waals surface area contributed by atoms with Crippen LogP contribution in [0.3, 0.4) is 0 Å². The van der Waals surface area contributed by atoms with Crippen LogP contribution in [0.4, 0.5) is 0 Å². The van der Waals surface area contributed by atoms with Crippen molar-refractivity contribution >= 4 is 11.8 Å². The van der Waals surface area contributed by atoms with Crippen molar-refractivity contribution in [3.63, 3.8) is 0 Å². The topological polar surface area (TPSA) is 80.0 Å². The van der Waals surface area contributed by atoms with Crippen LogP contribution < -0.4 is 5.56 Å². The van der Waals surface area contributed by atoms with E-state index in [0.717, 1.165) is 52.7 Å². The normalized spacial score (nSPS) is 14.0. The molecule has 0 fully saturated rings. The number of aromatic amines is 1. The maximum atomic E-state index is 12.6. The lowest BCUT2D eigenvalue weighted by Crippen LogP contribution is -2.35. The van der Waals surface area contributed by atoms with Crippen LogP contribution in [-0.2, 0) is 19.5 Å². The summed E-state index contributed by atoms with van der Waals surface area (Å²) in [5, 5.41) is 5.50. The predicted octanol–water partition coefficient (Wildman–Crippen LogP) is 3.80. The molecule has 4 aromatic rings. The van der Waals surface area contributed by atoms with E-state index in [2.05, 4.69) is 21.1 Å². The van der Waals surface area contributed by atoms with Gasteiger partial charge in [-0.1, -0.05) is 30.0 Å². The highest BCUT2D eigenvalue weighted by atomic mass is 32.2. The minimum Gasteiger partial charge on any atom is -0.460 e. The van der Waals surface area contributed by atoms with Crippen molar-refractivity contribution in [1.82, 2.24) is 24.6 Å². The van der Waals surface area contributed by atoms with Gasteiger partial charge >= 0.3 is 0 Å². The first-order valence-corrected chi connectivity index (χ1v) is 11.4. The molecule has 0 amide bonds. The van der Waals surface area contributed by atoms with Crippen molar-refractivity contribution in [3.8, 4) is 17.1 Å². The number of benzene rings is 1. The van der Waals surface area contributed by atoms with E-state index < -0.39 is 0 Å². The molecule has 0 atom stereocenters. The van der Waals surface area contributed by atoms with E-state index in [4.69, 9.17) is 9.52 Å². The van der Waals surface area contributed by atoms with Gasteiger partial charge in [-0.2, -0.15) is 5.10 Å². The summed E-state index contributed by atoms with van der Waals surface area (Å²) in [5.74, 6) is 1.60. The van der Waals surface area contributed by atoms with Crippen LogP contribution in [-0.4, -0.2) is 37.4 Å². The molecule has 0 unspecified atom stereocenters. The van der Waals surface area contributed by atoms with Gasteiger partial charge in [0.15, 0.2) is 10.9 Å². The molecule has 0 radical (unpaired) electrons. The predicted molar refractivity (Wildman–Crippen MR) is 120 cm³/mol. The average molecular weight is 434 g/mol. The highest BCUT2D eigenvalue weighted by molar-refractivity contribution is 7.98. The summed E-state index contributed by atoms with van der Waals surface area (Å²) in [4.78, 5) is 22.3. The summed E-state index contributed by atoms with van der Waals surface area (Å²) in [7, 11) is 0. The van der Waals surface area contributed by atoms with Gasteiger partial charge in [-0.25, -0.2) is 9.67 Å². The third-order valence-corrected chi connectivity index (χ3v) is 6.08. The molecule has 0 saturated carbocycles. The number of nitrogens with one attached hydrogen (secondary N) is 1. The Labute approximate surface area is 184 Å². The minimum absolute atomic E-state index is 0.0408. The number of nitrogens with zero attached hydrogens (tertiary/aromatic N) is 4. The Morgan fingerprint density at radius 2 is 2.03 bits per heavy atom. The first-order valence-electron chi connectivity index (χ1n) is 10.2. The molecule has 3 aromatic heterocycles. The lowest BCUT2D eigenvalue weighted by atomic mass is 10.1. The van der Waals surface area contributed by atoms with E-state index in [1.54, 1.807) is 0 Å². The zero-order valence-corrected chi connectivity index (χ0v) is 18.3. The third kappa shape index (κ3) is 3.96. The fourth-order valence-corrected chi connectivity index (χ4v) is 4.33. The van der Waals surface area contributed by atoms with Crippen LogP contribution in [0.1, 0.15) is 22.6 Å². The van der Waals surface area contributed by atoms with Crippen molar-refractivity contribution in [2.45, 2.75) is 31.6 Å². The van der Waals surface area contributed by atoms with Crippen LogP contribution in [0.2, 0.25) is 0 Å². The molecular weight excluding hydrogens is 410 g/mol. The second kappa shape index (κ2) is 8.20. The maximum Gasteiger partial charge on any atom is 0.256 e. The fraction of sp³-hybridized carbons (Fsp3) is 0.261. The van der Waals surface area contributed by atoms with Crippen molar-refractivity contribution < 1.29 is 4.42 Å². The van der Waals surface area contributed by atoms with Crippen LogP contribution in [0.25, 0.3) is 17.1 Å². The van der Waals surface area contributed by atoms with Crippen molar-refractivity contribution in [2.75, 3.05) is 12.8 Å². The molecule has 1 aliphatic heterocycles. The highest BCUT2D eigenvalue weighted by Crippen LogP contribution is 2.28. The molecule has 1 aliphatic rings. The Hall–Kier alpha value is -3.10. The number of para-hydroxylation sites is 1. The quantitative estimate of drug-likeness (QED) is 0.381. The molecular formula is C23H23N5O2S. The summed E-state index contributed by atoms with van der Waals surface area (Å²) in [6.07, 6.45) is 4.73. The number of thioether (sulfide) groups is 1. The van der Waals surface area contributed by atoms with Crippen molar-refractivity contribution in [3.05, 3.63) is 81.6 Å². The smallest absolute Gasteiger partial charge is 0.256 e. The molecule has 5 rings (SSSR count). The van der Waals surface area contributed by atoms with Gasteiger partial charge in [0, 0.05) is 37.8 Å². The summed E-state index contributed by atoms with van der Waals surface area (Å²) >= 11 is 1.46. The number of rotatable bonds is 5. The molecule has 0 saturated heterocycles. The van der Waals surface area contributed by atoms with E-state index in [0.29, 0.717) is 18.2 Å². The molecule has 158 valence electrons. The van der Waals surface area contributed by atoms with Crippen LogP contribution in [0.15, 0.2) is 63.0 Å². The van der Waals surface area contributed by atoms with Gasteiger partial charge in [0.1, 0.15) is 11.5 Å². The molecule has 1 N–H and O–H groups in total. The third-order valence-electron chi connectivity index (χ3n) is 5.50. The number of aryl methyl sites for hydroxylation is 1. The van der Waals surface area contributed by atoms with Gasteiger partial charge in [0.25, 0.3) is 5.56 Å². The molecule has 0 bridgehead atoms. The van der Waals surface area contributed by atoms with Gasteiger partial charge in [-0.15, -0.1) is 0 Å². The largest absolute Gasteiger partial charge is 0.460 e. The molecule has 0 aliphatic carbocycles. The first-order chi connectivity index (χ1) is 15.1. The number of hydrogen-bond donors (Lipinski definition) is 1. The zero-order chi connectivity index (χ0) is 21.4. The summed E-state index contributed by atoms with van der Waals surface area (Å²) in [6, 6.07) is 13.9. The van der Waals surface area contributed by atoms with Gasteiger partial charge in [0.2, 0.25) is 0 Å². The fourth-order valence-electron chi connectivity index (χ4n) is 3.94. The summed E-state index contributed by atoms with van der Waals surface area (Å²) in [6.45, 7) is 4.01. The molecule has 0 spiro atoms. The van der Waals surface area contributed by atoms with Crippen molar-refractivity contribution in [1.29, 1.82) is 0 Å². The molecule has 8 heteroatoms. The van der Waals surface area contributed by atoms with Gasteiger partial charge in [-0.05, 0) is 37.4 Å². The summed E-state index contributed by atoms with van der Waals surface area (Å²) < 4.78 is 7.78. The van der Waals surface area contributed by atoms with Gasteiger partial charge in [-0.3, -0.25) is 9.69 Å². The second-order valence-electron chi connectivity index (χ2n) is 7.65. The van der Waals surface area contributed by atoms with E-state index in [1.807, 2.05) is 60.3 Å². The van der Waals surface area contributed by atoms with E-state index in [9.17, 15) is 4.79 Å². The Morgan fingerprint density at radius 3 is 2.77 bits per heavy atom. The SMILES string of the molecule is CSc1nc2c(c(=O)[nH]1)CN(Cc1cn(-c3ccccc3)nc1-c1ccc(C)o1)CC2. The Balaban J connectivity index is 1.47. The number of hydrogen-bond acceptors (Lipinski definition) is 6. The van der Waals surface area contributed by atoms with E-state index >= 15 is 0 Å². The van der Waals surface area contributed by atoms with E-state index in [-0.39, 0.29) is 5.56 Å². The maximum absolute atomic E-state index is 12.6. The second-order valence-corrected chi connectivity index (χ2v) is 8.45. The molecule has 1 aromatic carbocycles. The zero-order valence-electron chi connectivity index (χ0n) is 17.5. The molecule has 4 heterocycles. The number of furan rings is 1. The number of H-pyrrole nitrogens is 1. The lowest BCUT2D eigenvalue weighted by Gasteiger charge is -2.27. The summed E-state index contributed by atoms with van der Waals surface area (Å²) in [5.41, 5.74) is 4.51. The van der Waals surface area contributed by atoms with Gasteiger partial charge in [0.05, 0.1) is 16.9 Å². The van der Waals surface area contributed by atoms with Gasteiger partial charge < -0.3 is 9.40 Å². The highest BCUT2D eigenvalue weighted by Gasteiger charge is 2.24. The van der Waals surface area contributed by atoms with Crippen LogP contribution >= 0.6 is 11.8 Å². The first kappa shape index (κ1) is 19.8. The number of fused-ring (bicyclic) bond motifs is 1. The lowest BCUT2D eigenvalue weighted by molar-refractivity contribution is 0.241. The van der Waals surface area contributed by atoms with Crippen molar-refractivity contribution in [2.24, 2.45) is 0 Å². The average Bonchev–Trinajstić information content (AvgIpc) is 3.40. The minimum atomic E-state index is -0.0408. The Morgan fingerprint density at radius 1 is 1.19 bits per heavy atom. The standard InChI is InChI=1S/C23H23N5O2S/c1-15-8-9-20(30-15)21-16(13-28(26-21)17-6-4-3-5-7-17)12-27-11-10-19-18(14-27)22(29)25-23(24-19)31-2/h3-9,13H,10-12,14H2,1-2H3,(H,24,25,29). The molecule has 31 heavy (non-hydrogen) atoms. The number of aromatic nitrogens is 4.